The normalized spacial score (nSPS) is 11.3. The van der Waals surface area contributed by atoms with Gasteiger partial charge in [-0.05, 0) is 35.9 Å². The van der Waals surface area contributed by atoms with E-state index in [0.29, 0.717) is 0 Å². The Kier molecular flexibility index (Phi) is 4.76. The molecule has 0 fully saturated rings. The lowest BCUT2D eigenvalue weighted by Crippen LogP contribution is -2.23. The third-order valence-corrected chi connectivity index (χ3v) is 5.01. The van der Waals surface area contributed by atoms with Crippen molar-refractivity contribution in [3.63, 3.8) is 0 Å². The molecule has 2 N–H and O–H groups in total. The molecule has 0 aromatic heterocycles. The van der Waals surface area contributed by atoms with E-state index in [1.165, 1.54) is 24.3 Å². The standard InChI is InChI=1S/C14H12BrNO4S/c15-13-4-2-1-3-11(13)9-16-21(19,20)12-7-5-10(6-8-12)14(17)18/h1-8,16H,9H2,(H,17,18). The highest BCUT2D eigenvalue weighted by atomic mass is 79.9. The second-order valence-electron chi connectivity index (χ2n) is 4.25. The number of hydrogen-bond donors (Lipinski definition) is 2. The largest absolute Gasteiger partial charge is 0.478 e. The number of aromatic carboxylic acids is 1. The van der Waals surface area contributed by atoms with Gasteiger partial charge in [0.1, 0.15) is 0 Å². The fourth-order valence-corrected chi connectivity index (χ4v) is 3.11. The smallest absolute Gasteiger partial charge is 0.335 e. The van der Waals surface area contributed by atoms with E-state index in [1.807, 2.05) is 18.2 Å². The maximum Gasteiger partial charge on any atom is 0.335 e. The van der Waals surface area contributed by atoms with Crippen LogP contribution in [0.2, 0.25) is 0 Å². The molecule has 0 radical (unpaired) electrons. The van der Waals surface area contributed by atoms with Crippen LogP contribution in [0.3, 0.4) is 0 Å². The number of carbonyl (C=O) groups is 1. The number of sulfonamides is 1. The van der Waals surface area contributed by atoms with Crippen molar-refractivity contribution in [3.05, 3.63) is 64.1 Å². The maximum atomic E-state index is 12.1. The number of hydrogen-bond acceptors (Lipinski definition) is 3. The Morgan fingerprint density at radius 2 is 1.71 bits per heavy atom. The first-order valence-electron chi connectivity index (χ1n) is 5.96. The van der Waals surface area contributed by atoms with Crippen molar-refractivity contribution in [1.29, 1.82) is 0 Å². The number of nitrogens with one attached hydrogen (secondary N) is 1. The number of halogens is 1. The molecule has 2 aromatic rings. The quantitative estimate of drug-likeness (QED) is 0.848. The maximum absolute atomic E-state index is 12.1. The highest BCUT2D eigenvalue weighted by Crippen LogP contribution is 2.17. The zero-order valence-corrected chi connectivity index (χ0v) is 13.2. The molecule has 0 spiro atoms. The van der Waals surface area contributed by atoms with Crippen LogP contribution >= 0.6 is 15.9 Å². The highest BCUT2D eigenvalue weighted by molar-refractivity contribution is 9.10. The Hall–Kier alpha value is -1.70. The summed E-state index contributed by atoms with van der Waals surface area (Å²) in [4.78, 5) is 10.8. The lowest BCUT2D eigenvalue weighted by atomic mass is 10.2. The third-order valence-electron chi connectivity index (χ3n) is 2.82. The summed E-state index contributed by atoms with van der Waals surface area (Å²) >= 11 is 3.35. The SMILES string of the molecule is O=C(O)c1ccc(S(=O)(=O)NCc2ccccc2Br)cc1. The zero-order chi connectivity index (χ0) is 15.5. The van der Waals surface area contributed by atoms with Gasteiger partial charge in [0.25, 0.3) is 0 Å². The molecular weight excluding hydrogens is 358 g/mol. The lowest BCUT2D eigenvalue weighted by molar-refractivity contribution is 0.0696. The molecule has 0 saturated carbocycles. The first-order chi connectivity index (χ1) is 9.90. The Morgan fingerprint density at radius 3 is 2.29 bits per heavy atom. The summed E-state index contributed by atoms with van der Waals surface area (Å²) in [6.07, 6.45) is 0. The number of carboxylic acids is 1. The van der Waals surface area contributed by atoms with E-state index >= 15 is 0 Å². The van der Waals surface area contributed by atoms with E-state index in [4.69, 9.17) is 5.11 Å². The first kappa shape index (κ1) is 15.7. The molecule has 0 saturated heterocycles. The lowest BCUT2D eigenvalue weighted by Gasteiger charge is -2.08. The minimum absolute atomic E-state index is 0.0274. The second kappa shape index (κ2) is 6.38. The summed E-state index contributed by atoms with van der Waals surface area (Å²) in [7, 11) is -3.68. The van der Waals surface area contributed by atoms with Crippen molar-refractivity contribution < 1.29 is 18.3 Å². The molecule has 2 rings (SSSR count). The van der Waals surface area contributed by atoms with E-state index in [2.05, 4.69) is 20.7 Å². The molecule has 2 aromatic carbocycles. The van der Waals surface area contributed by atoms with Crippen LogP contribution in [0.1, 0.15) is 15.9 Å². The predicted octanol–water partition coefficient (Wildman–Crippen LogP) is 2.63. The Labute approximate surface area is 130 Å². The van der Waals surface area contributed by atoms with Crippen LogP contribution in [-0.4, -0.2) is 19.5 Å². The first-order valence-corrected chi connectivity index (χ1v) is 8.24. The van der Waals surface area contributed by atoms with Gasteiger partial charge in [0.15, 0.2) is 0 Å². The molecule has 7 heteroatoms. The van der Waals surface area contributed by atoms with Crippen LogP contribution in [-0.2, 0) is 16.6 Å². The van der Waals surface area contributed by atoms with Crippen molar-refractivity contribution in [1.82, 2.24) is 4.72 Å². The highest BCUT2D eigenvalue weighted by Gasteiger charge is 2.15. The van der Waals surface area contributed by atoms with E-state index in [0.717, 1.165) is 10.0 Å². The third kappa shape index (κ3) is 3.90. The summed E-state index contributed by atoms with van der Waals surface area (Å²) in [5, 5.41) is 8.79. The molecule has 0 atom stereocenters. The van der Waals surface area contributed by atoms with Crippen LogP contribution in [0.4, 0.5) is 0 Å². The summed E-state index contributed by atoms with van der Waals surface area (Å²) in [5.41, 5.74) is 0.850. The van der Waals surface area contributed by atoms with Gasteiger partial charge in [0.05, 0.1) is 10.5 Å². The predicted molar refractivity (Wildman–Crippen MR) is 81.6 cm³/mol. The summed E-state index contributed by atoms with van der Waals surface area (Å²) < 4.78 is 27.5. The van der Waals surface area contributed by atoms with Crippen molar-refractivity contribution in [2.24, 2.45) is 0 Å². The van der Waals surface area contributed by atoms with Gasteiger partial charge in [0, 0.05) is 11.0 Å². The van der Waals surface area contributed by atoms with E-state index in [-0.39, 0.29) is 17.0 Å². The molecule has 0 heterocycles. The van der Waals surface area contributed by atoms with Gasteiger partial charge in [-0.1, -0.05) is 34.1 Å². The Bertz CT molecular complexity index is 757. The average Bonchev–Trinajstić information content (AvgIpc) is 2.46. The Morgan fingerprint density at radius 1 is 1.10 bits per heavy atom. The molecular formula is C14H12BrNO4S. The van der Waals surface area contributed by atoms with E-state index in [1.54, 1.807) is 6.07 Å². The molecule has 0 aliphatic rings. The monoisotopic (exact) mass is 369 g/mol. The van der Waals surface area contributed by atoms with Gasteiger partial charge in [-0.25, -0.2) is 17.9 Å². The average molecular weight is 370 g/mol. The topological polar surface area (TPSA) is 83.5 Å². The molecule has 0 amide bonds. The number of carboxylic acid groups (broad SMARTS) is 1. The van der Waals surface area contributed by atoms with Gasteiger partial charge in [-0.15, -0.1) is 0 Å². The van der Waals surface area contributed by atoms with Crippen molar-refractivity contribution >= 4 is 31.9 Å². The summed E-state index contributed by atoms with van der Waals surface area (Å²) in [5.74, 6) is -1.10. The fourth-order valence-electron chi connectivity index (χ4n) is 1.67. The number of rotatable bonds is 5. The van der Waals surface area contributed by atoms with Gasteiger partial charge < -0.3 is 5.11 Å². The van der Waals surface area contributed by atoms with Crippen molar-refractivity contribution in [2.45, 2.75) is 11.4 Å². The van der Waals surface area contributed by atoms with Gasteiger partial charge in [0.2, 0.25) is 10.0 Å². The molecule has 110 valence electrons. The van der Waals surface area contributed by atoms with Gasteiger partial charge in [-0.3, -0.25) is 0 Å². The van der Waals surface area contributed by atoms with Crippen molar-refractivity contribution in [3.8, 4) is 0 Å². The van der Waals surface area contributed by atoms with Crippen LogP contribution in [0.25, 0.3) is 0 Å². The molecule has 0 aliphatic heterocycles. The molecule has 0 aliphatic carbocycles. The minimum atomic E-state index is -3.68. The minimum Gasteiger partial charge on any atom is -0.478 e. The number of benzene rings is 2. The van der Waals surface area contributed by atoms with Gasteiger partial charge in [-0.2, -0.15) is 0 Å². The molecule has 5 nitrogen and oxygen atoms in total. The summed E-state index contributed by atoms with van der Waals surface area (Å²) in [6.45, 7) is 0.143. The van der Waals surface area contributed by atoms with Crippen LogP contribution in [0, 0.1) is 0 Å². The Balaban J connectivity index is 2.15. The molecule has 0 unspecified atom stereocenters. The van der Waals surface area contributed by atoms with E-state index in [9.17, 15) is 13.2 Å². The van der Waals surface area contributed by atoms with Crippen LogP contribution in [0.5, 0.6) is 0 Å². The second-order valence-corrected chi connectivity index (χ2v) is 6.87. The summed E-state index contributed by atoms with van der Waals surface area (Å²) in [6, 6.07) is 12.3. The van der Waals surface area contributed by atoms with Gasteiger partial charge >= 0.3 is 5.97 Å². The van der Waals surface area contributed by atoms with Crippen LogP contribution < -0.4 is 4.72 Å². The molecule has 21 heavy (non-hydrogen) atoms. The van der Waals surface area contributed by atoms with Crippen molar-refractivity contribution in [2.75, 3.05) is 0 Å². The molecule has 0 bridgehead atoms. The van der Waals surface area contributed by atoms with E-state index < -0.39 is 16.0 Å². The van der Waals surface area contributed by atoms with Crippen LogP contribution in [0.15, 0.2) is 57.9 Å². The zero-order valence-electron chi connectivity index (χ0n) is 10.8. The fraction of sp³-hybridized carbons (Fsp3) is 0.0714.